The average Bonchev–Trinajstić information content (AvgIpc) is 2.40. The second-order valence-electron chi connectivity index (χ2n) is 4.91. The van der Waals surface area contributed by atoms with Gasteiger partial charge in [-0.05, 0) is 55.0 Å². The highest BCUT2D eigenvalue weighted by Crippen LogP contribution is 2.24. The molecule has 2 rings (SSSR count). The highest BCUT2D eigenvalue weighted by Gasteiger charge is 2.13. The first-order chi connectivity index (χ1) is 8.70. The maximum atomic E-state index is 9.00. The Morgan fingerprint density at radius 2 is 1.78 bits per heavy atom. The number of hydrogen-bond acceptors (Lipinski definition) is 3. The molecule has 0 spiro atoms. The molecule has 0 heterocycles. The molecule has 1 aromatic rings. The Kier molecular flexibility index (Phi) is 4.03. The predicted octanol–water partition coefficient (Wildman–Crippen LogP) is 3.54. The Balaban J connectivity index is 2.21. The lowest BCUT2D eigenvalue weighted by molar-refractivity contribution is 0.316. The van der Waals surface area contributed by atoms with E-state index in [1.807, 2.05) is 14.1 Å². The van der Waals surface area contributed by atoms with Crippen molar-refractivity contribution in [2.45, 2.75) is 25.7 Å². The van der Waals surface area contributed by atoms with Crippen molar-refractivity contribution in [1.29, 1.82) is 0 Å². The summed E-state index contributed by atoms with van der Waals surface area (Å²) in [5.41, 5.74) is 4.37. The fourth-order valence-electron chi connectivity index (χ4n) is 2.25. The first kappa shape index (κ1) is 12.7. The van der Waals surface area contributed by atoms with Crippen molar-refractivity contribution in [3.8, 4) is 0 Å². The highest BCUT2D eigenvalue weighted by atomic mass is 16.4. The molecule has 1 N–H and O–H groups in total. The first-order valence-electron chi connectivity index (χ1n) is 6.40. The number of anilines is 1. The van der Waals surface area contributed by atoms with E-state index in [1.54, 1.807) is 0 Å². The molecular weight excluding hydrogens is 224 g/mol. The monoisotopic (exact) mass is 244 g/mol. The highest BCUT2D eigenvalue weighted by molar-refractivity contribution is 6.03. The van der Waals surface area contributed by atoms with Gasteiger partial charge in [-0.3, -0.25) is 0 Å². The minimum Gasteiger partial charge on any atom is -0.411 e. The molecule has 1 aliphatic carbocycles. The summed E-state index contributed by atoms with van der Waals surface area (Å²) in [4.78, 5) is 2.08. The summed E-state index contributed by atoms with van der Waals surface area (Å²) in [6.07, 6.45) is 6.33. The molecule has 0 radical (unpaired) electrons. The van der Waals surface area contributed by atoms with Crippen LogP contribution >= 0.6 is 0 Å². The fourth-order valence-corrected chi connectivity index (χ4v) is 2.25. The molecule has 1 saturated carbocycles. The summed E-state index contributed by atoms with van der Waals surface area (Å²) in [5.74, 6) is 0. The molecule has 96 valence electrons. The van der Waals surface area contributed by atoms with Crippen LogP contribution in [0, 0.1) is 0 Å². The minimum absolute atomic E-state index is 0.845. The van der Waals surface area contributed by atoms with E-state index in [4.69, 9.17) is 5.21 Å². The van der Waals surface area contributed by atoms with Crippen molar-refractivity contribution in [3.05, 3.63) is 35.4 Å². The molecule has 18 heavy (non-hydrogen) atoms. The van der Waals surface area contributed by atoms with Crippen LogP contribution in [0.2, 0.25) is 0 Å². The lowest BCUT2D eigenvalue weighted by Gasteiger charge is -2.16. The Hall–Kier alpha value is -1.77. The standard InChI is InChI=1S/C15H20N2O/c1-17(2)14-9-7-12(8-10-14)11-13-5-3-4-6-15(13)16-18/h7-11,18H,3-6H2,1-2H3/b13-11+,16-15+. The van der Waals surface area contributed by atoms with E-state index in [0.29, 0.717) is 0 Å². The van der Waals surface area contributed by atoms with Gasteiger partial charge in [0, 0.05) is 19.8 Å². The van der Waals surface area contributed by atoms with Gasteiger partial charge in [-0.2, -0.15) is 0 Å². The van der Waals surface area contributed by atoms with Crippen LogP contribution in [0.5, 0.6) is 0 Å². The van der Waals surface area contributed by atoms with Gasteiger partial charge in [-0.1, -0.05) is 17.3 Å². The summed E-state index contributed by atoms with van der Waals surface area (Å²) >= 11 is 0. The van der Waals surface area contributed by atoms with Crippen LogP contribution in [0.3, 0.4) is 0 Å². The quantitative estimate of drug-likeness (QED) is 0.638. The molecule has 3 nitrogen and oxygen atoms in total. The van der Waals surface area contributed by atoms with Crippen LogP contribution < -0.4 is 4.90 Å². The van der Waals surface area contributed by atoms with Crippen LogP contribution in [0.4, 0.5) is 5.69 Å². The number of nitrogens with zero attached hydrogens (tertiary/aromatic N) is 2. The summed E-state index contributed by atoms with van der Waals surface area (Å²) in [5, 5.41) is 12.4. The van der Waals surface area contributed by atoms with Crippen molar-refractivity contribution >= 4 is 17.5 Å². The van der Waals surface area contributed by atoms with Crippen molar-refractivity contribution in [3.63, 3.8) is 0 Å². The van der Waals surface area contributed by atoms with Gasteiger partial charge in [-0.15, -0.1) is 0 Å². The maximum absolute atomic E-state index is 9.00. The Morgan fingerprint density at radius 1 is 1.11 bits per heavy atom. The topological polar surface area (TPSA) is 35.8 Å². The lowest BCUT2D eigenvalue weighted by atomic mass is 9.91. The molecule has 0 aliphatic heterocycles. The molecule has 0 amide bonds. The first-order valence-corrected chi connectivity index (χ1v) is 6.40. The van der Waals surface area contributed by atoms with Gasteiger partial charge < -0.3 is 10.1 Å². The lowest BCUT2D eigenvalue weighted by Crippen LogP contribution is -2.09. The van der Waals surface area contributed by atoms with Crippen molar-refractivity contribution in [2.24, 2.45) is 5.16 Å². The molecule has 0 aromatic heterocycles. The number of benzene rings is 1. The van der Waals surface area contributed by atoms with Crippen LogP contribution in [0.1, 0.15) is 31.2 Å². The summed E-state index contributed by atoms with van der Waals surface area (Å²) < 4.78 is 0. The maximum Gasteiger partial charge on any atom is 0.0827 e. The molecule has 0 unspecified atom stereocenters. The van der Waals surface area contributed by atoms with E-state index in [9.17, 15) is 0 Å². The van der Waals surface area contributed by atoms with E-state index in [0.717, 1.165) is 25.0 Å². The van der Waals surface area contributed by atoms with Crippen molar-refractivity contribution < 1.29 is 5.21 Å². The van der Waals surface area contributed by atoms with Crippen LogP contribution in [0.25, 0.3) is 6.08 Å². The van der Waals surface area contributed by atoms with Gasteiger partial charge in [0.05, 0.1) is 5.71 Å². The largest absolute Gasteiger partial charge is 0.411 e. The van der Waals surface area contributed by atoms with E-state index < -0.39 is 0 Å². The fraction of sp³-hybridized carbons (Fsp3) is 0.400. The summed E-state index contributed by atoms with van der Waals surface area (Å²) in [6, 6.07) is 8.41. The van der Waals surface area contributed by atoms with Gasteiger partial charge in [-0.25, -0.2) is 0 Å². The summed E-state index contributed by atoms with van der Waals surface area (Å²) in [7, 11) is 4.07. The predicted molar refractivity (Wildman–Crippen MR) is 76.4 cm³/mol. The third-order valence-electron chi connectivity index (χ3n) is 3.35. The molecule has 3 heteroatoms. The van der Waals surface area contributed by atoms with Crippen molar-refractivity contribution in [1.82, 2.24) is 0 Å². The van der Waals surface area contributed by atoms with E-state index in [2.05, 4.69) is 40.4 Å². The van der Waals surface area contributed by atoms with Gasteiger partial charge in [0.25, 0.3) is 0 Å². The molecule has 1 aromatic carbocycles. The number of rotatable bonds is 2. The van der Waals surface area contributed by atoms with E-state index in [1.165, 1.54) is 23.2 Å². The van der Waals surface area contributed by atoms with Crippen LogP contribution in [-0.4, -0.2) is 25.0 Å². The number of oxime groups is 1. The normalized spacial score (nSPS) is 20.3. The average molecular weight is 244 g/mol. The minimum atomic E-state index is 0.845. The molecule has 1 fully saturated rings. The summed E-state index contributed by atoms with van der Waals surface area (Å²) in [6.45, 7) is 0. The van der Waals surface area contributed by atoms with Gasteiger partial charge >= 0.3 is 0 Å². The number of allylic oxidation sites excluding steroid dienone is 1. The zero-order chi connectivity index (χ0) is 13.0. The van der Waals surface area contributed by atoms with Gasteiger partial charge in [0.2, 0.25) is 0 Å². The Bertz CT molecular complexity index is 458. The SMILES string of the molecule is CN(C)c1ccc(/C=C2\CCCC\C2=N/O)cc1. The molecular formula is C15H20N2O. The Labute approximate surface area is 108 Å². The second-order valence-corrected chi connectivity index (χ2v) is 4.91. The van der Waals surface area contributed by atoms with Crippen LogP contribution in [0.15, 0.2) is 35.0 Å². The van der Waals surface area contributed by atoms with E-state index in [-0.39, 0.29) is 0 Å². The zero-order valence-corrected chi connectivity index (χ0v) is 11.1. The molecule has 1 aliphatic rings. The molecule has 0 saturated heterocycles. The Morgan fingerprint density at radius 3 is 2.39 bits per heavy atom. The number of hydrogen-bond donors (Lipinski definition) is 1. The van der Waals surface area contributed by atoms with E-state index >= 15 is 0 Å². The van der Waals surface area contributed by atoms with Crippen LogP contribution in [-0.2, 0) is 0 Å². The third-order valence-corrected chi connectivity index (χ3v) is 3.35. The zero-order valence-electron chi connectivity index (χ0n) is 11.1. The van der Waals surface area contributed by atoms with Crippen molar-refractivity contribution in [2.75, 3.05) is 19.0 Å². The third kappa shape index (κ3) is 2.92. The second kappa shape index (κ2) is 5.71. The van der Waals surface area contributed by atoms with Gasteiger partial charge in [0.15, 0.2) is 0 Å². The smallest absolute Gasteiger partial charge is 0.0827 e. The van der Waals surface area contributed by atoms with Gasteiger partial charge in [0.1, 0.15) is 0 Å². The molecule has 0 atom stereocenters. The molecule has 0 bridgehead atoms.